The number of hydrogen-bond acceptors (Lipinski definition) is 2. The van der Waals surface area contributed by atoms with Gasteiger partial charge >= 0.3 is 11.9 Å². The van der Waals surface area contributed by atoms with E-state index >= 15 is 0 Å². The van der Waals surface area contributed by atoms with E-state index in [9.17, 15) is 18.7 Å². The molecule has 0 aromatic heterocycles. The molecule has 0 aliphatic rings. The van der Waals surface area contributed by atoms with E-state index in [0.717, 1.165) is 12.3 Å². The predicted octanol–water partition coefficient (Wildman–Crippen LogP) is 2.77. The van der Waals surface area contributed by atoms with Gasteiger partial charge in [0.05, 0.1) is 0 Å². The summed E-state index contributed by atoms with van der Waals surface area (Å²) in [6, 6.07) is 11.3. The highest BCUT2D eigenvalue weighted by molar-refractivity contribution is 5.84. The maximum absolute atomic E-state index is 13.6. The van der Waals surface area contributed by atoms with Crippen molar-refractivity contribution in [3.05, 3.63) is 48.0 Å². The highest BCUT2D eigenvalue weighted by Gasteiger charge is 2.56. The molecule has 0 spiro atoms. The minimum atomic E-state index is -4.27. The Hall–Kier alpha value is -2.01. The van der Waals surface area contributed by atoms with Crippen LogP contribution in [0.5, 0.6) is 0 Å². The average molecular weight is 266 g/mol. The summed E-state index contributed by atoms with van der Waals surface area (Å²) in [5.41, 5.74) is -2.92. The summed E-state index contributed by atoms with van der Waals surface area (Å²) < 4.78 is 27.1. The highest BCUT2D eigenvalue weighted by atomic mass is 19.3. The van der Waals surface area contributed by atoms with Crippen LogP contribution < -0.4 is 0 Å². The van der Waals surface area contributed by atoms with E-state index in [0.29, 0.717) is 5.39 Å². The summed E-state index contributed by atoms with van der Waals surface area (Å²) in [5, 5.41) is 19.9. The van der Waals surface area contributed by atoms with Crippen molar-refractivity contribution >= 4 is 16.7 Å². The van der Waals surface area contributed by atoms with Gasteiger partial charge in [-0.15, -0.1) is 0 Å². The first-order valence-corrected chi connectivity index (χ1v) is 5.59. The lowest BCUT2D eigenvalue weighted by Crippen LogP contribution is -2.48. The molecule has 0 aliphatic carbocycles. The van der Waals surface area contributed by atoms with E-state index in [1.807, 2.05) is 0 Å². The first-order chi connectivity index (χ1) is 8.76. The van der Waals surface area contributed by atoms with Gasteiger partial charge in [-0.05, 0) is 29.3 Å². The normalized spacial score (nSPS) is 15.2. The molecule has 2 aromatic rings. The quantitative estimate of drug-likeness (QED) is 0.898. The number of aliphatic carboxylic acids is 1. The van der Waals surface area contributed by atoms with Crippen LogP contribution in [0.15, 0.2) is 42.5 Å². The second kappa shape index (κ2) is 4.28. The largest absolute Gasteiger partial charge is 0.477 e. The number of fused-ring (bicyclic) bond motifs is 1. The molecule has 0 aliphatic heterocycles. The van der Waals surface area contributed by atoms with Crippen molar-refractivity contribution in [2.45, 2.75) is 18.4 Å². The van der Waals surface area contributed by atoms with Gasteiger partial charge in [0.2, 0.25) is 0 Å². The van der Waals surface area contributed by atoms with Crippen LogP contribution in [-0.4, -0.2) is 22.1 Å². The number of benzene rings is 2. The first kappa shape index (κ1) is 13.4. The van der Waals surface area contributed by atoms with Crippen LogP contribution in [0.1, 0.15) is 12.5 Å². The number of alkyl halides is 2. The van der Waals surface area contributed by atoms with Crippen molar-refractivity contribution in [1.82, 2.24) is 0 Å². The third-order valence-electron chi connectivity index (χ3n) is 3.19. The third kappa shape index (κ3) is 2.06. The summed E-state index contributed by atoms with van der Waals surface area (Å²) in [6.45, 7) is 0.797. The van der Waals surface area contributed by atoms with Crippen molar-refractivity contribution < 1.29 is 23.8 Å². The lowest BCUT2D eigenvalue weighted by atomic mass is 9.88. The van der Waals surface area contributed by atoms with Gasteiger partial charge in [0, 0.05) is 0 Å². The second-order valence-electron chi connectivity index (χ2n) is 4.51. The monoisotopic (exact) mass is 266 g/mol. The Morgan fingerprint density at radius 3 is 2.26 bits per heavy atom. The molecule has 19 heavy (non-hydrogen) atoms. The van der Waals surface area contributed by atoms with Gasteiger partial charge in [0.15, 0.2) is 5.60 Å². The fraction of sp³-hybridized carbons (Fsp3) is 0.214. The van der Waals surface area contributed by atoms with Crippen LogP contribution in [0.3, 0.4) is 0 Å². The predicted molar refractivity (Wildman–Crippen MR) is 66.1 cm³/mol. The summed E-state index contributed by atoms with van der Waals surface area (Å²) >= 11 is 0. The third-order valence-corrected chi connectivity index (χ3v) is 3.19. The second-order valence-corrected chi connectivity index (χ2v) is 4.51. The van der Waals surface area contributed by atoms with Gasteiger partial charge in [-0.1, -0.05) is 36.4 Å². The molecule has 0 heterocycles. The van der Waals surface area contributed by atoms with Crippen LogP contribution in [-0.2, 0) is 10.4 Å². The number of halogens is 2. The van der Waals surface area contributed by atoms with Crippen LogP contribution in [0.2, 0.25) is 0 Å². The molecular weight excluding hydrogens is 254 g/mol. The first-order valence-electron chi connectivity index (χ1n) is 5.59. The molecule has 0 bridgehead atoms. The van der Waals surface area contributed by atoms with Crippen LogP contribution >= 0.6 is 0 Å². The summed E-state index contributed by atoms with van der Waals surface area (Å²) in [6.07, 6.45) is 0. The van der Waals surface area contributed by atoms with E-state index in [2.05, 4.69) is 0 Å². The van der Waals surface area contributed by atoms with E-state index in [1.54, 1.807) is 30.3 Å². The molecule has 0 saturated carbocycles. The average Bonchev–Trinajstić information content (AvgIpc) is 2.37. The van der Waals surface area contributed by atoms with E-state index in [4.69, 9.17) is 5.11 Å². The number of carboxylic acid groups (broad SMARTS) is 1. The SMILES string of the molecule is CC(O)(c1ccc2ccccc2c1)C(F)(F)C(=O)O. The summed E-state index contributed by atoms with van der Waals surface area (Å²) in [7, 11) is 0. The Kier molecular flexibility index (Phi) is 3.02. The van der Waals surface area contributed by atoms with Crippen molar-refractivity contribution in [3.8, 4) is 0 Å². The Labute approximate surface area is 108 Å². The maximum Gasteiger partial charge on any atom is 0.378 e. The zero-order valence-electron chi connectivity index (χ0n) is 10.1. The number of rotatable bonds is 3. The van der Waals surface area contributed by atoms with E-state index in [1.165, 1.54) is 12.1 Å². The summed E-state index contributed by atoms with van der Waals surface area (Å²) in [4.78, 5) is 10.6. The van der Waals surface area contributed by atoms with Gasteiger partial charge < -0.3 is 10.2 Å². The molecule has 0 saturated heterocycles. The topological polar surface area (TPSA) is 57.5 Å². The molecular formula is C14H12F2O3. The fourth-order valence-corrected chi connectivity index (χ4v) is 1.88. The number of carboxylic acids is 1. The molecule has 2 rings (SSSR count). The lowest BCUT2D eigenvalue weighted by molar-refractivity contribution is -0.207. The Morgan fingerprint density at radius 1 is 1.11 bits per heavy atom. The van der Waals surface area contributed by atoms with E-state index in [-0.39, 0.29) is 5.56 Å². The van der Waals surface area contributed by atoms with Gasteiger partial charge in [-0.3, -0.25) is 0 Å². The Balaban J connectivity index is 2.57. The smallest absolute Gasteiger partial charge is 0.378 e. The van der Waals surface area contributed by atoms with Crippen LogP contribution in [0.4, 0.5) is 8.78 Å². The van der Waals surface area contributed by atoms with Crippen molar-refractivity contribution in [2.75, 3.05) is 0 Å². The molecule has 1 atom stereocenters. The molecule has 0 amide bonds. The molecule has 0 radical (unpaired) electrons. The van der Waals surface area contributed by atoms with E-state index < -0.39 is 17.5 Å². The molecule has 3 nitrogen and oxygen atoms in total. The van der Waals surface area contributed by atoms with Gasteiger partial charge in [-0.2, -0.15) is 8.78 Å². The molecule has 1 unspecified atom stereocenters. The standard InChI is InChI=1S/C14H12F2O3/c1-13(19,14(15,16)12(17)18)11-7-6-9-4-2-3-5-10(9)8-11/h2-8,19H,1H3,(H,17,18). The van der Waals surface area contributed by atoms with Crippen molar-refractivity contribution in [3.63, 3.8) is 0 Å². The van der Waals surface area contributed by atoms with Crippen LogP contribution in [0.25, 0.3) is 10.8 Å². The van der Waals surface area contributed by atoms with Gasteiger partial charge in [0.1, 0.15) is 0 Å². The number of hydrogen-bond donors (Lipinski definition) is 2. The zero-order chi connectivity index (χ0) is 14.3. The number of carbonyl (C=O) groups is 1. The fourth-order valence-electron chi connectivity index (χ4n) is 1.88. The van der Waals surface area contributed by atoms with Gasteiger partial charge in [-0.25, -0.2) is 4.79 Å². The molecule has 5 heteroatoms. The van der Waals surface area contributed by atoms with Crippen LogP contribution in [0, 0.1) is 0 Å². The maximum atomic E-state index is 13.6. The number of aliphatic hydroxyl groups is 1. The molecule has 100 valence electrons. The zero-order valence-corrected chi connectivity index (χ0v) is 10.1. The lowest BCUT2D eigenvalue weighted by Gasteiger charge is -2.29. The highest BCUT2D eigenvalue weighted by Crippen LogP contribution is 2.38. The molecule has 0 fully saturated rings. The molecule has 2 aromatic carbocycles. The minimum absolute atomic E-state index is 0.140. The van der Waals surface area contributed by atoms with Crippen molar-refractivity contribution in [1.29, 1.82) is 0 Å². The minimum Gasteiger partial charge on any atom is -0.477 e. The Morgan fingerprint density at radius 2 is 1.68 bits per heavy atom. The van der Waals surface area contributed by atoms with Gasteiger partial charge in [0.25, 0.3) is 0 Å². The molecule has 2 N–H and O–H groups in total. The van der Waals surface area contributed by atoms with Crippen molar-refractivity contribution in [2.24, 2.45) is 0 Å². The summed E-state index contributed by atoms with van der Waals surface area (Å²) in [5.74, 6) is -6.62. The Bertz CT molecular complexity index is 635.